The van der Waals surface area contributed by atoms with Crippen LogP contribution in [0.5, 0.6) is 0 Å². The zero-order valence-electron chi connectivity index (χ0n) is 4.26. The summed E-state index contributed by atoms with van der Waals surface area (Å²) in [7, 11) is 0. The quantitative estimate of drug-likeness (QED) is 0.579. The van der Waals surface area contributed by atoms with Gasteiger partial charge >= 0.3 is 0 Å². The predicted octanol–water partition coefficient (Wildman–Crippen LogP) is 2.70. The summed E-state index contributed by atoms with van der Waals surface area (Å²) in [6.07, 6.45) is 2.03. The third kappa shape index (κ3) is 6.18. The highest BCUT2D eigenvalue weighted by atomic mass is 32.2. The SMILES string of the molecule is C=CS/C=C\SC. The Morgan fingerprint density at radius 2 is 2.14 bits per heavy atom. The van der Waals surface area contributed by atoms with E-state index >= 15 is 0 Å². The maximum atomic E-state index is 3.53. The molecule has 7 heavy (non-hydrogen) atoms. The fraction of sp³-hybridized carbons (Fsp3) is 0.200. The Morgan fingerprint density at radius 3 is 2.57 bits per heavy atom. The zero-order chi connectivity index (χ0) is 5.54. The van der Waals surface area contributed by atoms with Crippen LogP contribution in [0, 0.1) is 0 Å². The summed E-state index contributed by atoms with van der Waals surface area (Å²) < 4.78 is 0. The third-order valence-corrected chi connectivity index (χ3v) is 1.43. The van der Waals surface area contributed by atoms with E-state index in [-0.39, 0.29) is 0 Å². The first-order valence-electron chi connectivity index (χ1n) is 1.86. The van der Waals surface area contributed by atoms with Crippen LogP contribution < -0.4 is 0 Å². The first-order valence-corrected chi connectivity index (χ1v) is 4.09. The van der Waals surface area contributed by atoms with Crippen LogP contribution in [0.4, 0.5) is 0 Å². The van der Waals surface area contributed by atoms with Crippen LogP contribution in [0.3, 0.4) is 0 Å². The van der Waals surface area contributed by atoms with Crippen LogP contribution in [-0.4, -0.2) is 6.26 Å². The Hall–Kier alpha value is 0.180. The van der Waals surface area contributed by atoms with E-state index in [0.717, 1.165) is 0 Å². The molecule has 0 aromatic carbocycles. The van der Waals surface area contributed by atoms with E-state index in [1.165, 1.54) is 0 Å². The Kier molecular flexibility index (Phi) is 6.34. The van der Waals surface area contributed by atoms with Gasteiger partial charge in [0.25, 0.3) is 0 Å². The molecule has 2 heteroatoms. The topological polar surface area (TPSA) is 0 Å². The molecular formula is C5H8S2. The molecule has 0 saturated heterocycles. The van der Waals surface area contributed by atoms with Crippen molar-refractivity contribution in [2.45, 2.75) is 0 Å². The second-order valence-electron chi connectivity index (χ2n) is 0.811. The highest BCUT2D eigenvalue weighted by Gasteiger charge is 1.63. The maximum Gasteiger partial charge on any atom is -0.0142 e. The Labute approximate surface area is 53.1 Å². The van der Waals surface area contributed by atoms with Crippen LogP contribution in [0.2, 0.25) is 0 Å². The van der Waals surface area contributed by atoms with Crippen molar-refractivity contribution in [3.63, 3.8) is 0 Å². The molecule has 0 aromatic rings. The van der Waals surface area contributed by atoms with Crippen LogP contribution in [-0.2, 0) is 0 Å². The molecule has 40 valence electrons. The average molecular weight is 132 g/mol. The minimum atomic E-state index is 1.60. The van der Waals surface area contributed by atoms with Crippen molar-refractivity contribution in [3.8, 4) is 0 Å². The summed E-state index contributed by atoms with van der Waals surface area (Å²) >= 11 is 3.29. The first kappa shape index (κ1) is 7.18. The summed E-state index contributed by atoms with van der Waals surface area (Å²) in [5, 5.41) is 5.82. The summed E-state index contributed by atoms with van der Waals surface area (Å²) in [6, 6.07) is 0. The van der Waals surface area contributed by atoms with Gasteiger partial charge in [-0.25, -0.2) is 0 Å². The second kappa shape index (κ2) is 6.18. The van der Waals surface area contributed by atoms with Crippen molar-refractivity contribution >= 4 is 23.5 Å². The standard InChI is InChI=1S/C5H8S2/c1-3-7-5-4-6-2/h3-5H,1H2,2H3/b5-4-. The number of hydrogen-bond acceptors (Lipinski definition) is 2. The molecule has 0 nitrogen and oxygen atoms in total. The Morgan fingerprint density at radius 1 is 1.43 bits per heavy atom. The molecule has 0 aliphatic heterocycles. The minimum Gasteiger partial charge on any atom is -0.137 e. The highest BCUT2D eigenvalue weighted by molar-refractivity contribution is 8.06. The van der Waals surface area contributed by atoms with Gasteiger partial charge in [0.05, 0.1) is 0 Å². The van der Waals surface area contributed by atoms with Crippen LogP contribution >= 0.6 is 23.5 Å². The first-order chi connectivity index (χ1) is 3.41. The molecule has 0 amide bonds. The Bertz CT molecular complexity index is 66.5. The summed E-state index contributed by atoms with van der Waals surface area (Å²) in [4.78, 5) is 0. The molecule has 0 saturated carbocycles. The van der Waals surface area contributed by atoms with Gasteiger partial charge in [-0.05, 0) is 22.5 Å². The molecule has 0 rings (SSSR count). The van der Waals surface area contributed by atoms with Crippen LogP contribution in [0.15, 0.2) is 22.8 Å². The lowest BCUT2D eigenvalue weighted by molar-refractivity contribution is 2.42. The Balaban J connectivity index is 2.92. The summed E-state index contributed by atoms with van der Waals surface area (Å²) in [6.45, 7) is 3.53. The van der Waals surface area contributed by atoms with Gasteiger partial charge in [0.15, 0.2) is 0 Å². The van der Waals surface area contributed by atoms with Gasteiger partial charge in [-0.1, -0.05) is 6.58 Å². The van der Waals surface area contributed by atoms with Crippen LogP contribution in [0.1, 0.15) is 0 Å². The third-order valence-electron chi connectivity index (χ3n) is 0.366. The van der Waals surface area contributed by atoms with Crippen molar-refractivity contribution in [3.05, 3.63) is 22.8 Å². The average Bonchev–Trinajstić information content (AvgIpc) is 1.69. The fourth-order valence-electron chi connectivity index (χ4n) is 0.143. The summed E-state index contributed by atoms with van der Waals surface area (Å²) in [5.41, 5.74) is 0. The molecule has 0 fully saturated rings. The largest absolute Gasteiger partial charge is 0.137 e. The van der Waals surface area contributed by atoms with Crippen LogP contribution in [0.25, 0.3) is 0 Å². The van der Waals surface area contributed by atoms with E-state index in [1.54, 1.807) is 28.9 Å². The van der Waals surface area contributed by atoms with Gasteiger partial charge in [0, 0.05) is 0 Å². The highest BCUT2D eigenvalue weighted by Crippen LogP contribution is 2.05. The van der Waals surface area contributed by atoms with Gasteiger partial charge in [-0.3, -0.25) is 0 Å². The monoisotopic (exact) mass is 132 g/mol. The molecule has 0 N–H and O–H groups in total. The van der Waals surface area contributed by atoms with Crippen molar-refractivity contribution < 1.29 is 0 Å². The minimum absolute atomic E-state index is 1.60. The zero-order valence-corrected chi connectivity index (χ0v) is 5.89. The van der Waals surface area contributed by atoms with Crippen molar-refractivity contribution in [1.29, 1.82) is 0 Å². The maximum absolute atomic E-state index is 3.53. The smallest absolute Gasteiger partial charge is 0.0142 e. The molecule has 0 aliphatic rings. The lowest BCUT2D eigenvalue weighted by atomic mass is 11.2. The normalized spacial score (nSPS) is 9.86. The van der Waals surface area contributed by atoms with E-state index in [9.17, 15) is 0 Å². The van der Waals surface area contributed by atoms with Gasteiger partial charge in [0.1, 0.15) is 0 Å². The molecule has 0 unspecified atom stereocenters. The molecule has 0 heterocycles. The lowest BCUT2D eigenvalue weighted by Crippen LogP contribution is -1.38. The second-order valence-corrected chi connectivity index (χ2v) is 2.43. The van der Waals surface area contributed by atoms with E-state index in [4.69, 9.17) is 0 Å². The van der Waals surface area contributed by atoms with E-state index in [0.29, 0.717) is 0 Å². The van der Waals surface area contributed by atoms with Gasteiger partial charge in [0.2, 0.25) is 0 Å². The van der Waals surface area contributed by atoms with Crippen molar-refractivity contribution in [2.24, 2.45) is 0 Å². The van der Waals surface area contributed by atoms with E-state index in [1.807, 2.05) is 17.1 Å². The molecule has 0 radical (unpaired) electrons. The van der Waals surface area contributed by atoms with Gasteiger partial charge in [-0.15, -0.1) is 23.5 Å². The fourth-order valence-corrected chi connectivity index (χ4v) is 0.955. The number of thioether (sulfide) groups is 2. The number of rotatable bonds is 3. The van der Waals surface area contributed by atoms with E-state index < -0.39 is 0 Å². The van der Waals surface area contributed by atoms with Gasteiger partial charge in [-0.2, -0.15) is 0 Å². The summed E-state index contributed by atoms with van der Waals surface area (Å²) in [5.74, 6) is 0. The molecule has 0 bridgehead atoms. The molecule has 0 aliphatic carbocycles. The molecule has 0 atom stereocenters. The van der Waals surface area contributed by atoms with E-state index in [2.05, 4.69) is 6.58 Å². The predicted molar refractivity (Wildman–Crippen MR) is 40.4 cm³/mol. The number of hydrogen-bond donors (Lipinski definition) is 0. The van der Waals surface area contributed by atoms with Gasteiger partial charge < -0.3 is 0 Å². The lowest BCUT2D eigenvalue weighted by Gasteiger charge is -1.75. The van der Waals surface area contributed by atoms with Crippen molar-refractivity contribution in [1.82, 2.24) is 0 Å². The molecular weight excluding hydrogens is 124 g/mol. The van der Waals surface area contributed by atoms with Crippen molar-refractivity contribution in [2.75, 3.05) is 6.26 Å². The molecule has 0 spiro atoms. The molecule has 0 aromatic heterocycles.